The second kappa shape index (κ2) is 6.53. The van der Waals surface area contributed by atoms with Crippen LogP contribution < -0.4 is 4.72 Å². The molecule has 0 aliphatic heterocycles. The van der Waals surface area contributed by atoms with E-state index in [1.165, 1.54) is 12.1 Å². The van der Waals surface area contributed by atoms with Gasteiger partial charge >= 0.3 is 5.97 Å². The number of nitrogens with one attached hydrogen (secondary N) is 1. The van der Waals surface area contributed by atoms with E-state index in [1.54, 1.807) is 0 Å². The van der Waals surface area contributed by atoms with E-state index in [1.807, 2.05) is 0 Å². The fraction of sp³-hybridized carbons (Fsp3) is 0.571. The molecule has 7 heteroatoms. The Bertz CT molecular complexity index is 598. The van der Waals surface area contributed by atoms with Crippen molar-refractivity contribution in [1.29, 1.82) is 0 Å². The second-order valence-electron chi connectivity index (χ2n) is 5.45. The molecule has 1 aromatic heterocycles. The van der Waals surface area contributed by atoms with Crippen LogP contribution in [0.5, 0.6) is 0 Å². The molecule has 1 aliphatic rings. The molecule has 0 amide bonds. The standard InChI is InChI=1S/C14H20N2O4S/c1-2-10-4-3-5-12(8-10)16-21(19,20)13-7-6-11(9-15-13)14(17)18/h6-7,9-10,12,16H,2-5,8H2,1H3,(H,17,18). The van der Waals surface area contributed by atoms with E-state index < -0.39 is 16.0 Å². The van der Waals surface area contributed by atoms with Gasteiger partial charge in [0, 0.05) is 12.2 Å². The quantitative estimate of drug-likeness (QED) is 0.867. The van der Waals surface area contributed by atoms with Gasteiger partial charge in [0.2, 0.25) is 0 Å². The lowest BCUT2D eigenvalue weighted by Gasteiger charge is -2.28. The highest BCUT2D eigenvalue weighted by Gasteiger charge is 2.26. The third-order valence-corrected chi connectivity index (χ3v) is 5.38. The maximum absolute atomic E-state index is 12.3. The number of carbonyl (C=O) groups is 1. The predicted octanol–water partition coefficient (Wildman–Crippen LogP) is 2.03. The van der Waals surface area contributed by atoms with E-state index in [9.17, 15) is 13.2 Å². The summed E-state index contributed by atoms with van der Waals surface area (Å²) >= 11 is 0. The van der Waals surface area contributed by atoms with Crippen LogP contribution in [0.1, 0.15) is 49.4 Å². The zero-order valence-electron chi connectivity index (χ0n) is 11.9. The third kappa shape index (κ3) is 4.01. The van der Waals surface area contributed by atoms with Crippen molar-refractivity contribution in [3.63, 3.8) is 0 Å². The molecule has 0 radical (unpaired) electrons. The minimum Gasteiger partial charge on any atom is -0.478 e. The number of hydrogen-bond acceptors (Lipinski definition) is 4. The number of hydrogen-bond donors (Lipinski definition) is 2. The van der Waals surface area contributed by atoms with Crippen LogP contribution in [0.2, 0.25) is 0 Å². The van der Waals surface area contributed by atoms with Gasteiger partial charge in [-0.15, -0.1) is 0 Å². The topological polar surface area (TPSA) is 96.4 Å². The summed E-state index contributed by atoms with van der Waals surface area (Å²) in [6.07, 6.45) is 5.99. The molecule has 0 saturated heterocycles. The molecular weight excluding hydrogens is 292 g/mol. The molecule has 1 heterocycles. The van der Waals surface area contributed by atoms with Gasteiger partial charge in [0.1, 0.15) is 0 Å². The Morgan fingerprint density at radius 1 is 1.43 bits per heavy atom. The van der Waals surface area contributed by atoms with Gasteiger partial charge in [0.15, 0.2) is 5.03 Å². The van der Waals surface area contributed by atoms with Crippen LogP contribution in [0.4, 0.5) is 0 Å². The summed E-state index contributed by atoms with van der Waals surface area (Å²) in [5.74, 6) is -0.564. The average molecular weight is 312 g/mol. The summed E-state index contributed by atoms with van der Waals surface area (Å²) < 4.78 is 27.2. The molecule has 116 valence electrons. The number of sulfonamides is 1. The zero-order chi connectivity index (χ0) is 15.5. The van der Waals surface area contributed by atoms with Crippen LogP contribution in [0, 0.1) is 5.92 Å². The molecule has 2 rings (SSSR count). The molecule has 1 aliphatic carbocycles. The Labute approximate surface area is 124 Å². The SMILES string of the molecule is CCC1CCCC(NS(=O)(=O)c2ccc(C(=O)O)cn2)C1. The zero-order valence-corrected chi connectivity index (χ0v) is 12.8. The lowest BCUT2D eigenvalue weighted by Crippen LogP contribution is -2.38. The first-order chi connectivity index (χ1) is 9.92. The molecule has 1 aromatic rings. The number of carboxylic acids is 1. The highest BCUT2D eigenvalue weighted by atomic mass is 32.2. The lowest BCUT2D eigenvalue weighted by atomic mass is 9.85. The van der Waals surface area contributed by atoms with Gasteiger partial charge in [-0.2, -0.15) is 0 Å². The molecule has 2 atom stereocenters. The van der Waals surface area contributed by atoms with E-state index in [0.717, 1.165) is 38.3 Å². The first-order valence-electron chi connectivity index (χ1n) is 7.14. The van der Waals surface area contributed by atoms with Crippen molar-refractivity contribution < 1.29 is 18.3 Å². The fourth-order valence-corrected chi connectivity index (χ4v) is 3.93. The molecule has 6 nitrogen and oxygen atoms in total. The molecule has 0 bridgehead atoms. The van der Waals surface area contributed by atoms with Crippen LogP contribution >= 0.6 is 0 Å². The number of rotatable bonds is 5. The number of nitrogens with zero attached hydrogens (tertiary/aromatic N) is 1. The van der Waals surface area contributed by atoms with Crippen molar-refractivity contribution in [2.24, 2.45) is 5.92 Å². The minimum absolute atomic E-state index is 0.0299. The van der Waals surface area contributed by atoms with E-state index in [4.69, 9.17) is 5.11 Å². The number of aromatic nitrogens is 1. The molecule has 0 aromatic carbocycles. The van der Waals surface area contributed by atoms with Crippen LogP contribution in [-0.2, 0) is 10.0 Å². The maximum Gasteiger partial charge on any atom is 0.337 e. The first-order valence-corrected chi connectivity index (χ1v) is 8.62. The molecule has 0 spiro atoms. The van der Waals surface area contributed by atoms with Crippen LogP contribution in [0.25, 0.3) is 0 Å². The molecule has 21 heavy (non-hydrogen) atoms. The summed E-state index contributed by atoms with van der Waals surface area (Å²) in [7, 11) is -3.69. The van der Waals surface area contributed by atoms with Gasteiger partial charge in [-0.1, -0.05) is 26.2 Å². The number of pyridine rings is 1. The predicted molar refractivity (Wildman–Crippen MR) is 77.6 cm³/mol. The molecule has 2 N–H and O–H groups in total. The van der Waals surface area contributed by atoms with Crippen molar-refractivity contribution >= 4 is 16.0 Å². The lowest BCUT2D eigenvalue weighted by molar-refractivity contribution is 0.0696. The molecule has 2 unspecified atom stereocenters. The smallest absolute Gasteiger partial charge is 0.337 e. The Morgan fingerprint density at radius 3 is 2.76 bits per heavy atom. The van der Waals surface area contributed by atoms with Crippen molar-refractivity contribution in [1.82, 2.24) is 9.71 Å². The van der Waals surface area contributed by atoms with Gasteiger partial charge in [-0.3, -0.25) is 0 Å². The Morgan fingerprint density at radius 2 is 2.19 bits per heavy atom. The van der Waals surface area contributed by atoms with Gasteiger partial charge in [-0.25, -0.2) is 22.9 Å². The van der Waals surface area contributed by atoms with Gasteiger partial charge in [0.05, 0.1) is 5.56 Å². The number of aromatic carboxylic acids is 1. The van der Waals surface area contributed by atoms with Crippen LogP contribution in [0.15, 0.2) is 23.4 Å². The minimum atomic E-state index is -3.69. The third-order valence-electron chi connectivity index (χ3n) is 3.94. The van der Waals surface area contributed by atoms with Crippen LogP contribution in [0.3, 0.4) is 0 Å². The Balaban J connectivity index is 2.09. The van der Waals surface area contributed by atoms with Crippen molar-refractivity contribution in [2.75, 3.05) is 0 Å². The highest BCUT2D eigenvalue weighted by Crippen LogP contribution is 2.27. The summed E-state index contributed by atoms with van der Waals surface area (Å²) in [4.78, 5) is 14.5. The molecule has 1 fully saturated rings. The van der Waals surface area contributed by atoms with E-state index in [-0.39, 0.29) is 16.6 Å². The highest BCUT2D eigenvalue weighted by molar-refractivity contribution is 7.89. The second-order valence-corrected chi connectivity index (χ2v) is 7.11. The molecular formula is C14H20N2O4S. The van der Waals surface area contributed by atoms with Gasteiger partial charge in [-0.05, 0) is 30.9 Å². The maximum atomic E-state index is 12.3. The van der Waals surface area contributed by atoms with E-state index in [2.05, 4.69) is 16.6 Å². The van der Waals surface area contributed by atoms with Gasteiger partial charge < -0.3 is 5.11 Å². The summed E-state index contributed by atoms with van der Waals surface area (Å²) in [6, 6.07) is 2.42. The monoisotopic (exact) mass is 312 g/mol. The normalized spacial score (nSPS) is 22.9. The van der Waals surface area contributed by atoms with E-state index in [0.29, 0.717) is 5.92 Å². The summed E-state index contributed by atoms with van der Waals surface area (Å²) in [5.41, 5.74) is -0.0299. The Kier molecular flexibility index (Phi) is 4.95. The summed E-state index contributed by atoms with van der Waals surface area (Å²) in [6.45, 7) is 2.12. The first kappa shape index (κ1) is 15.9. The van der Waals surface area contributed by atoms with Crippen LogP contribution in [-0.4, -0.2) is 30.5 Å². The van der Waals surface area contributed by atoms with Gasteiger partial charge in [0.25, 0.3) is 10.0 Å². The fourth-order valence-electron chi connectivity index (χ4n) is 2.71. The van der Waals surface area contributed by atoms with Crippen molar-refractivity contribution in [3.8, 4) is 0 Å². The number of carboxylic acid groups (broad SMARTS) is 1. The molecule has 1 saturated carbocycles. The van der Waals surface area contributed by atoms with E-state index >= 15 is 0 Å². The largest absolute Gasteiger partial charge is 0.478 e. The average Bonchev–Trinajstić information content (AvgIpc) is 2.47. The van der Waals surface area contributed by atoms with Crippen molar-refractivity contribution in [2.45, 2.75) is 50.1 Å². The Hall–Kier alpha value is -1.47. The summed E-state index contributed by atoms with van der Waals surface area (Å²) in [5, 5.41) is 8.66. The van der Waals surface area contributed by atoms with Crippen molar-refractivity contribution in [3.05, 3.63) is 23.9 Å².